The molecule has 1 N–H and O–H groups in total. The number of nitrogens with zero attached hydrogens (tertiary/aromatic N) is 3. The molecular formula is C33H29N3O2. The first-order valence-corrected chi connectivity index (χ1v) is 12.8. The van der Waals surface area contributed by atoms with Crippen molar-refractivity contribution in [2.75, 3.05) is 7.11 Å². The van der Waals surface area contributed by atoms with E-state index in [1.807, 2.05) is 67.0 Å². The minimum atomic E-state index is -0.636. The predicted octanol–water partition coefficient (Wildman–Crippen LogP) is 6.91. The average Bonchev–Trinajstić information content (AvgIpc) is 3.55. The van der Waals surface area contributed by atoms with Crippen molar-refractivity contribution in [2.45, 2.75) is 19.2 Å². The van der Waals surface area contributed by atoms with E-state index in [9.17, 15) is 5.11 Å². The summed E-state index contributed by atoms with van der Waals surface area (Å²) in [4.78, 5) is 4.78. The number of benzene rings is 4. The van der Waals surface area contributed by atoms with E-state index in [1.54, 1.807) is 7.11 Å². The summed E-state index contributed by atoms with van der Waals surface area (Å²) in [5.41, 5.74) is 7.27. The van der Waals surface area contributed by atoms with Gasteiger partial charge in [-0.15, -0.1) is 0 Å². The Morgan fingerprint density at radius 1 is 0.737 bits per heavy atom. The zero-order chi connectivity index (χ0) is 25.9. The van der Waals surface area contributed by atoms with Crippen molar-refractivity contribution in [2.24, 2.45) is 0 Å². The van der Waals surface area contributed by atoms with E-state index in [-0.39, 0.29) is 0 Å². The molecule has 38 heavy (non-hydrogen) atoms. The van der Waals surface area contributed by atoms with Crippen LogP contribution < -0.4 is 4.74 Å². The van der Waals surface area contributed by atoms with Gasteiger partial charge in [0.25, 0.3) is 0 Å². The van der Waals surface area contributed by atoms with Crippen LogP contribution in [0.3, 0.4) is 0 Å². The normalized spacial score (nSPS) is 12.1. The van der Waals surface area contributed by atoms with Gasteiger partial charge in [-0.2, -0.15) is 0 Å². The summed E-state index contributed by atoms with van der Waals surface area (Å²) in [6.45, 7) is 0.862. The molecule has 1 atom stereocenters. The van der Waals surface area contributed by atoms with Gasteiger partial charge in [-0.05, 0) is 42.0 Å². The second-order valence-electron chi connectivity index (χ2n) is 9.41. The number of aromatic nitrogens is 3. The first kappa shape index (κ1) is 23.8. The van der Waals surface area contributed by atoms with Gasteiger partial charge in [0.05, 0.1) is 44.0 Å². The molecule has 0 saturated heterocycles. The molecule has 5 heteroatoms. The van der Waals surface area contributed by atoms with Crippen molar-refractivity contribution < 1.29 is 9.84 Å². The van der Waals surface area contributed by atoms with E-state index < -0.39 is 6.10 Å². The number of methoxy groups -OCH3 is 1. The molecule has 0 fully saturated rings. The number of imidazole rings is 1. The van der Waals surface area contributed by atoms with E-state index in [0.717, 1.165) is 50.4 Å². The molecule has 0 aliphatic carbocycles. The lowest BCUT2D eigenvalue weighted by Crippen LogP contribution is -2.22. The third kappa shape index (κ3) is 4.60. The molecule has 2 aromatic heterocycles. The second kappa shape index (κ2) is 10.4. The molecule has 0 amide bonds. The van der Waals surface area contributed by atoms with Gasteiger partial charge in [0.1, 0.15) is 5.75 Å². The number of ether oxygens (including phenoxy) is 1. The molecule has 0 spiro atoms. The lowest BCUT2D eigenvalue weighted by atomic mass is 10.0. The second-order valence-corrected chi connectivity index (χ2v) is 9.41. The van der Waals surface area contributed by atoms with Crippen LogP contribution in [0.4, 0.5) is 0 Å². The molecule has 0 saturated carbocycles. The Kier molecular flexibility index (Phi) is 6.51. The number of para-hydroxylation sites is 1. The first-order valence-electron chi connectivity index (χ1n) is 12.8. The fourth-order valence-electron chi connectivity index (χ4n) is 5.13. The van der Waals surface area contributed by atoms with Crippen LogP contribution in [0.1, 0.15) is 0 Å². The van der Waals surface area contributed by atoms with Crippen LogP contribution in [0.25, 0.3) is 44.7 Å². The maximum Gasteiger partial charge on any atom is 0.118 e. The van der Waals surface area contributed by atoms with Crippen LogP contribution in [0.5, 0.6) is 5.75 Å². The minimum absolute atomic E-state index is 0.415. The molecule has 0 unspecified atom stereocenters. The summed E-state index contributed by atoms with van der Waals surface area (Å²) in [5, 5.41) is 12.6. The van der Waals surface area contributed by atoms with Crippen molar-refractivity contribution in [1.82, 2.24) is 14.1 Å². The van der Waals surface area contributed by atoms with Gasteiger partial charge >= 0.3 is 0 Å². The van der Waals surface area contributed by atoms with Gasteiger partial charge in [-0.25, -0.2) is 4.98 Å². The number of rotatable bonds is 8. The summed E-state index contributed by atoms with van der Waals surface area (Å²) < 4.78 is 9.63. The largest absolute Gasteiger partial charge is 0.497 e. The predicted molar refractivity (Wildman–Crippen MR) is 153 cm³/mol. The first-order chi connectivity index (χ1) is 18.7. The maximum atomic E-state index is 11.4. The monoisotopic (exact) mass is 499 g/mol. The fourth-order valence-corrected chi connectivity index (χ4v) is 5.13. The lowest BCUT2D eigenvalue weighted by Gasteiger charge is -2.18. The molecule has 0 bridgehead atoms. The zero-order valence-electron chi connectivity index (χ0n) is 21.2. The topological polar surface area (TPSA) is 52.2 Å². The van der Waals surface area contributed by atoms with Gasteiger partial charge in [0.15, 0.2) is 0 Å². The molecule has 6 rings (SSSR count). The Bertz CT molecular complexity index is 1650. The Hall–Kier alpha value is -4.61. The average molecular weight is 500 g/mol. The molecule has 0 radical (unpaired) electrons. The van der Waals surface area contributed by atoms with Gasteiger partial charge in [-0.1, -0.05) is 78.9 Å². The van der Waals surface area contributed by atoms with Gasteiger partial charge < -0.3 is 19.0 Å². The van der Waals surface area contributed by atoms with Crippen LogP contribution in [0.2, 0.25) is 0 Å². The molecule has 2 heterocycles. The van der Waals surface area contributed by atoms with Gasteiger partial charge in [0, 0.05) is 27.7 Å². The van der Waals surface area contributed by atoms with Crippen LogP contribution in [0, 0.1) is 0 Å². The third-order valence-corrected chi connectivity index (χ3v) is 6.93. The number of hydrogen-bond donors (Lipinski definition) is 1. The molecule has 4 aromatic carbocycles. The Labute approximate surface area is 222 Å². The van der Waals surface area contributed by atoms with Crippen LogP contribution in [-0.4, -0.2) is 32.4 Å². The number of aliphatic hydroxyl groups excluding tert-OH is 1. The number of aliphatic hydroxyl groups is 1. The van der Waals surface area contributed by atoms with Crippen molar-refractivity contribution in [3.63, 3.8) is 0 Å². The van der Waals surface area contributed by atoms with E-state index in [1.165, 1.54) is 0 Å². The summed E-state index contributed by atoms with van der Waals surface area (Å²) >= 11 is 0. The van der Waals surface area contributed by atoms with Crippen LogP contribution in [0.15, 0.2) is 122 Å². The summed E-state index contributed by atoms with van der Waals surface area (Å²) in [6, 6.07) is 39.0. The minimum Gasteiger partial charge on any atom is -0.497 e. The quantitative estimate of drug-likeness (QED) is 0.248. The van der Waals surface area contributed by atoms with Crippen LogP contribution >= 0.6 is 0 Å². The third-order valence-electron chi connectivity index (χ3n) is 6.93. The highest BCUT2D eigenvalue weighted by Crippen LogP contribution is 2.33. The Morgan fingerprint density at radius 2 is 1.39 bits per heavy atom. The Morgan fingerprint density at radius 3 is 2.11 bits per heavy atom. The van der Waals surface area contributed by atoms with Gasteiger partial charge in [-0.3, -0.25) is 0 Å². The SMILES string of the molecule is COc1ccc(-c2cc3ccccc3n2C[C@H](O)Cn2cnc(-c3ccccc3)c2-c2ccccc2)cc1. The molecule has 6 aromatic rings. The smallest absolute Gasteiger partial charge is 0.118 e. The summed E-state index contributed by atoms with van der Waals surface area (Å²) in [6.07, 6.45) is 1.20. The van der Waals surface area contributed by atoms with Crippen molar-refractivity contribution >= 4 is 10.9 Å². The maximum absolute atomic E-state index is 11.4. The van der Waals surface area contributed by atoms with E-state index in [2.05, 4.69) is 63.7 Å². The van der Waals surface area contributed by atoms with E-state index in [0.29, 0.717) is 13.1 Å². The van der Waals surface area contributed by atoms with E-state index >= 15 is 0 Å². The summed E-state index contributed by atoms with van der Waals surface area (Å²) in [5.74, 6) is 0.819. The standard InChI is InChI=1S/C33H29N3O2/c1-38-29-18-16-24(17-19-29)31-20-27-14-8-9-15-30(27)36(31)22-28(37)21-35-23-34-32(25-10-4-2-5-11-25)33(35)26-12-6-3-7-13-26/h2-20,23,28,37H,21-22H2,1H3/t28-/m1/s1. The lowest BCUT2D eigenvalue weighted by molar-refractivity contribution is 0.137. The van der Waals surface area contributed by atoms with Crippen molar-refractivity contribution in [3.8, 4) is 39.5 Å². The molecular weight excluding hydrogens is 470 g/mol. The van der Waals surface area contributed by atoms with Crippen molar-refractivity contribution in [3.05, 3.63) is 122 Å². The molecule has 0 aliphatic rings. The Balaban J connectivity index is 1.36. The highest BCUT2D eigenvalue weighted by molar-refractivity contribution is 5.87. The molecule has 188 valence electrons. The van der Waals surface area contributed by atoms with Crippen molar-refractivity contribution in [1.29, 1.82) is 0 Å². The number of hydrogen-bond acceptors (Lipinski definition) is 3. The highest BCUT2D eigenvalue weighted by Gasteiger charge is 2.19. The zero-order valence-corrected chi connectivity index (χ0v) is 21.2. The van der Waals surface area contributed by atoms with Gasteiger partial charge in [0.2, 0.25) is 0 Å². The fraction of sp³-hybridized carbons (Fsp3) is 0.121. The molecule has 0 aliphatic heterocycles. The van der Waals surface area contributed by atoms with Crippen LogP contribution in [-0.2, 0) is 13.1 Å². The van der Waals surface area contributed by atoms with E-state index in [4.69, 9.17) is 9.72 Å². The number of fused-ring (bicyclic) bond motifs is 1. The summed E-state index contributed by atoms with van der Waals surface area (Å²) in [7, 11) is 1.67. The molecule has 5 nitrogen and oxygen atoms in total. The highest BCUT2D eigenvalue weighted by atomic mass is 16.5.